The third kappa shape index (κ3) is 6.12. The van der Waals surface area contributed by atoms with Gasteiger partial charge in [0.25, 0.3) is 5.69 Å². The average molecular weight is 410 g/mol. The quantitative estimate of drug-likeness (QED) is 0.415. The van der Waals surface area contributed by atoms with Crippen LogP contribution < -0.4 is 10.6 Å². The van der Waals surface area contributed by atoms with E-state index in [1.54, 1.807) is 6.07 Å². The van der Waals surface area contributed by atoms with Crippen LogP contribution in [0.5, 0.6) is 0 Å². The largest absolute Gasteiger partial charge is 0.348 e. The molecule has 0 aromatic heterocycles. The number of para-hydroxylation sites is 2. The minimum atomic E-state index is -0.899. The molecule has 2 amide bonds. The van der Waals surface area contributed by atoms with Gasteiger partial charge in [-0.25, -0.2) is 0 Å². The Morgan fingerprint density at radius 3 is 2.37 bits per heavy atom. The summed E-state index contributed by atoms with van der Waals surface area (Å²) in [6.45, 7) is 3.38. The van der Waals surface area contributed by atoms with Gasteiger partial charge in [0.1, 0.15) is 5.69 Å². The fourth-order valence-corrected chi connectivity index (χ4v) is 3.58. The summed E-state index contributed by atoms with van der Waals surface area (Å²) in [5.41, 5.74) is 1.09. The molecule has 158 valence electrons. The third-order valence-electron chi connectivity index (χ3n) is 5.37. The van der Waals surface area contributed by atoms with E-state index in [0.29, 0.717) is 12.5 Å². The van der Waals surface area contributed by atoms with Crippen molar-refractivity contribution in [3.63, 3.8) is 0 Å². The van der Waals surface area contributed by atoms with Gasteiger partial charge in [-0.15, -0.1) is 0 Å². The number of carbonyl (C=O) groups excluding carboxylic acids is 2. The number of nitro benzene ring substituents is 1. The highest BCUT2D eigenvalue weighted by Crippen LogP contribution is 2.23. The lowest BCUT2D eigenvalue weighted by Gasteiger charge is -2.32. The Balaban J connectivity index is 1.38. The second kappa shape index (κ2) is 10.5. The number of anilines is 1. The van der Waals surface area contributed by atoms with Crippen molar-refractivity contribution in [2.75, 3.05) is 31.5 Å². The fraction of sp³-hybridized carbons (Fsp3) is 0.364. The molecule has 0 aliphatic carbocycles. The zero-order valence-electron chi connectivity index (χ0n) is 16.8. The predicted octanol–water partition coefficient (Wildman–Crippen LogP) is 2.60. The zero-order valence-corrected chi connectivity index (χ0v) is 16.8. The number of amides is 2. The Labute approximate surface area is 175 Å². The van der Waals surface area contributed by atoms with E-state index in [4.69, 9.17) is 0 Å². The van der Waals surface area contributed by atoms with Crippen molar-refractivity contribution in [2.45, 2.75) is 19.3 Å². The first kappa shape index (κ1) is 21.4. The van der Waals surface area contributed by atoms with Gasteiger partial charge in [0.05, 0.1) is 4.92 Å². The minimum absolute atomic E-state index is 0.00868. The molecule has 1 aliphatic heterocycles. The van der Waals surface area contributed by atoms with Gasteiger partial charge in [-0.1, -0.05) is 42.5 Å². The summed E-state index contributed by atoms with van der Waals surface area (Å²) in [6.07, 6.45) is 2.94. The first-order valence-corrected chi connectivity index (χ1v) is 10.1. The number of benzene rings is 2. The standard InChI is InChI=1S/C22H26N4O4/c27-21(22(28)24-19-8-4-5-9-20(19)26(29)30)23-16-18-11-14-25(15-12-18)13-10-17-6-2-1-3-7-17/h1-9,18H,10-16H2,(H,23,27)(H,24,28). The van der Waals surface area contributed by atoms with E-state index in [2.05, 4.69) is 39.8 Å². The number of likely N-dealkylation sites (tertiary alicyclic amines) is 1. The molecule has 2 aromatic rings. The van der Waals surface area contributed by atoms with Crippen LogP contribution >= 0.6 is 0 Å². The van der Waals surface area contributed by atoms with Gasteiger partial charge in [0.15, 0.2) is 0 Å². The van der Waals surface area contributed by atoms with E-state index < -0.39 is 16.7 Å². The van der Waals surface area contributed by atoms with E-state index >= 15 is 0 Å². The number of carbonyl (C=O) groups is 2. The molecule has 8 nitrogen and oxygen atoms in total. The van der Waals surface area contributed by atoms with Crippen LogP contribution in [0.25, 0.3) is 0 Å². The first-order valence-electron chi connectivity index (χ1n) is 10.1. The summed E-state index contributed by atoms with van der Waals surface area (Å²) in [5.74, 6) is -1.36. The lowest BCUT2D eigenvalue weighted by molar-refractivity contribution is -0.383. The van der Waals surface area contributed by atoms with Gasteiger partial charge in [-0.05, 0) is 49.9 Å². The van der Waals surface area contributed by atoms with E-state index in [-0.39, 0.29) is 11.4 Å². The topological polar surface area (TPSA) is 105 Å². The average Bonchev–Trinajstić information content (AvgIpc) is 2.77. The molecule has 1 saturated heterocycles. The van der Waals surface area contributed by atoms with Crippen LogP contribution in [0.15, 0.2) is 54.6 Å². The van der Waals surface area contributed by atoms with Crippen molar-refractivity contribution in [1.82, 2.24) is 10.2 Å². The molecule has 30 heavy (non-hydrogen) atoms. The highest BCUT2D eigenvalue weighted by atomic mass is 16.6. The van der Waals surface area contributed by atoms with Gasteiger partial charge in [0.2, 0.25) is 0 Å². The van der Waals surface area contributed by atoms with Crippen LogP contribution in [0, 0.1) is 16.0 Å². The maximum atomic E-state index is 12.1. The molecule has 0 bridgehead atoms. The van der Waals surface area contributed by atoms with Crippen LogP contribution in [-0.4, -0.2) is 47.8 Å². The summed E-state index contributed by atoms with van der Waals surface area (Å²) in [5, 5.41) is 16.0. The van der Waals surface area contributed by atoms with Gasteiger partial charge in [-0.2, -0.15) is 0 Å². The molecule has 2 N–H and O–H groups in total. The Hall–Kier alpha value is -3.26. The van der Waals surface area contributed by atoms with E-state index in [1.807, 2.05) is 6.07 Å². The highest BCUT2D eigenvalue weighted by Gasteiger charge is 2.22. The Morgan fingerprint density at radius 2 is 1.67 bits per heavy atom. The van der Waals surface area contributed by atoms with Crippen molar-refractivity contribution in [1.29, 1.82) is 0 Å². The van der Waals surface area contributed by atoms with Crippen molar-refractivity contribution in [3.8, 4) is 0 Å². The summed E-state index contributed by atoms with van der Waals surface area (Å²) in [7, 11) is 0. The smallest absolute Gasteiger partial charge is 0.313 e. The molecule has 0 spiro atoms. The van der Waals surface area contributed by atoms with Crippen LogP contribution in [0.3, 0.4) is 0 Å². The molecule has 8 heteroatoms. The van der Waals surface area contributed by atoms with Crippen LogP contribution in [-0.2, 0) is 16.0 Å². The maximum absolute atomic E-state index is 12.1. The second-order valence-electron chi connectivity index (χ2n) is 7.46. The highest BCUT2D eigenvalue weighted by molar-refractivity contribution is 6.39. The van der Waals surface area contributed by atoms with E-state index in [1.165, 1.54) is 23.8 Å². The third-order valence-corrected chi connectivity index (χ3v) is 5.37. The molecule has 0 unspecified atom stereocenters. The van der Waals surface area contributed by atoms with Gasteiger partial charge < -0.3 is 15.5 Å². The van der Waals surface area contributed by atoms with Crippen LogP contribution in [0.1, 0.15) is 18.4 Å². The SMILES string of the molecule is O=C(NCC1CCN(CCc2ccccc2)CC1)C(=O)Nc1ccccc1[N+](=O)[O-]. The fourth-order valence-electron chi connectivity index (χ4n) is 3.58. The molecule has 3 rings (SSSR count). The molecule has 1 fully saturated rings. The van der Waals surface area contributed by atoms with E-state index in [0.717, 1.165) is 38.9 Å². The normalized spacial score (nSPS) is 14.8. The number of nitro groups is 1. The van der Waals surface area contributed by atoms with Gasteiger partial charge >= 0.3 is 11.8 Å². The van der Waals surface area contributed by atoms with Crippen molar-refractivity contribution >= 4 is 23.2 Å². The lowest BCUT2D eigenvalue weighted by atomic mass is 9.96. The summed E-state index contributed by atoms with van der Waals surface area (Å²) in [6, 6.07) is 16.1. The molecule has 1 aliphatic rings. The molecular formula is C22H26N4O4. The Kier molecular flexibility index (Phi) is 7.51. The first-order chi connectivity index (χ1) is 14.5. The maximum Gasteiger partial charge on any atom is 0.313 e. The summed E-state index contributed by atoms with van der Waals surface area (Å²) >= 11 is 0. The molecule has 2 aromatic carbocycles. The Morgan fingerprint density at radius 1 is 1.00 bits per heavy atom. The number of piperidine rings is 1. The van der Waals surface area contributed by atoms with Crippen LogP contribution in [0.4, 0.5) is 11.4 Å². The van der Waals surface area contributed by atoms with Crippen molar-refractivity contribution in [3.05, 3.63) is 70.3 Å². The number of hydrogen-bond donors (Lipinski definition) is 2. The van der Waals surface area contributed by atoms with Gasteiger partial charge in [0, 0.05) is 19.2 Å². The molecule has 0 saturated carbocycles. The molecule has 0 atom stereocenters. The number of rotatable bonds is 7. The molecular weight excluding hydrogens is 384 g/mol. The Bertz CT molecular complexity index is 880. The minimum Gasteiger partial charge on any atom is -0.348 e. The lowest BCUT2D eigenvalue weighted by Crippen LogP contribution is -2.42. The monoisotopic (exact) mass is 410 g/mol. The molecule has 0 radical (unpaired) electrons. The van der Waals surface area contributed by atoms with Crippen molar-refractivity contribution < 1.29 is 14.5 Å². The number of hydrogen-bond acceptors (Lipinski definition) is 5. The zero-order chi connectivity index (χ0) is 21.3. The number of nitrogens with one attached hydrogen (secondary N) is 2. The second-order valence-corrected chi connectivity index (χ2v) is 7.46. The summed E-state index contributed by atoms with van der Waals surface area (Å²) < 4.78 is 0. The van der Waals surface area contributed by atoms with Crippen molar-refractivity contribution in [2.24, 2.45) is 5.92 Å². The predicted molar refractivity (Wildman–Crippen MR) is 114 cm³/mol. The number of nitrogens with zero attached hydrogens (tertiary/aromatic N) is 2. The molecule has 1 heterocycles. The van der Waals surface area contributed by atoms with Crippen LogP contribution in [0.2, 0.25) is 0 Å². The van der Waals surface area contributed by atoms with Gasteiger partial charge in [-0.3, -0.25) is 19.7 Å². The summed E-state index contributed by atoms with van der Waals surface area (Å²) in [4.78, 5) is 37.0. The van der Waals surface area contributed by atoms with E-state index in [9.17, 15) is 19.7 Å².